The summed E-state index contributed by atoms with van der Waals surface area (Å²) in [6.45, 7) is 0.530. The molecule has 1 atom stereocenters. The molecule has 1 unspecified atom stereocenters. The Bertz CT molecular complexity index is 704. The van der Waals surface area contributed by atoms with Crippen molar-refractivity contribution >= 4 is 5.91 Å². The van der Waals surface area contributed by atoms with E-state index in [9.17, 15) is 4.79 Å². The first-order valence-corrected chi connectivity index (χ1v) is 7.28. The van der Waals surface area contributed by atoms with E-state index in [1.165, 1.54) is 0 Å². The van der Waals surface area contributed by atoms with E-state index in [4.69, 9.17) is 14.2 Å². The molecule has 0 spiro atoms. The van der Waals surface area contributed by atoms with E-state index in [-0.39, 0.29) is 18.6 Å². The Morgan fingerprint density at radius 2 is 2.13 bits per heavy atom. The predicted molar refractivity (Wildman–Crippen MR) is 83.6 cm³/mol. The Hall–Kier alpha value is -2.60. The molecular formula is C17H18N2O4. The highest BCUT2D eigenvalue weighted by Gasteiger charge is 2.29. The molecule has 1 aliphatic heterocycles. The summed E-state index contributed by atoms with van der Waals surface area (Å²) in [5, 5.41) is 0. The molecular weight excluding hydrogens is 296 g/mol. The van der Waals surface area contributed by atoms with Crippen LogP contribution in [0.15, 0.2) is 42.7 Å². The number of nitrogens with zero attached hydrogens (tertiary/aromatic N) is 2. The number of methoxy groups -OCH3 is 1. The van der Waals surface area contributed by atoms with Crippen LogP contribution in [-0.4, -0.2) is 43.2 Å². The number of rotatable bonds is 4. The van der Waals surface area contributed by atoms with Crippen LogP contribution in [0.25, 0.3) is 0 Å². The van der Waals surface area contributed by atoms with Crippen LogP contribution in [0.1, 0.15) is 11.6 Å². The fourth-order valence-corrected chi connectivity index (χ4v) is 2.47. The van der Waals surface area contributed by atoms with E-state index in [1.807, 2.05) is 18.2 Å². The first-order chi connectivity index (χ1) is 11.2. The number of carbonyl (C=O) groups is 1. The number of benzene rings is 1. The normalized spacial score (nSPS) is 17.9. The lowest BCUT2D eigenvalue weighted by Gasteiger charge is -2.33. The van der Waals surface area contributed by atoms with E-state index in [1.54, 1.807) is 43.6 Å². The molecule has 3 rings (SSSR count). The molecule has 120 valence electrons. The predicted octanol–water partition coefficient (Wildman–Crippen LogP) is 2.41. The maximum absolute atomic E-state index is 11.9. The SMILES string of the molecule is COc1cccc(Oc2ccncc2C2COCC(=O)N2C)c1. The number of amides is 1. The largest absolute Gasteiger partial charge is 0.497 e. The van der Waals surface area contributed by atoms with Crippen LogP contribution in [0.2, 0.25) is 0 Å². The zero-order chi connectivity index (χ0) is 16.2. The fourth-order valence-electron chi connectivity index (χ4n) is 2.47. The lowest BCUT2D eigenvalue weighted by Crippen LogP contribution is -2.41. The number of ether oxygens (including phenoxy) is 3. The summed E-state index contributed by atoms with van der Waals surface area (Å²) in [4.78, 5) is 17.7. The van der Waals surface area contributed by atoms with E-state index < -0.39 is 0 Å². The minimum atomic E-state index is -0.217. The average Bonchev–Trinajstić information content (AvgIpc) is 2.58. The van der Waals surface area contributed by atoms with Gasteiger partial charge in [0.2, 0.25) is 5.91 Å². The summed E-state index contributed by atoms with van der Waals surface area (Å²) in [5.74, 6) is 1.95. The Morgan fingerprint density at radius 1 is 1.30 bits per heavy atom. The minimum Gasteiger partial charge on any atom is -0.497 e. The number of aromatic nitrogens is 1. The standard InChI is InChI=1S/C17H18N2O4/c1-19-15(10-22-11-17(19)20)14-9-18-7-6-16(14)23-13-5-3-4-12(8-13)21-2/h3-9,15H,10-11H2,1-2H3. The quantitative estimate of drug-likeness (QED) is 0.867. The molecule has 0 N–H and O–H groups in total. The van der Waals surface area contributed by atoms with Crippen molar-refractivity contribution in [2.24, 2.45) is 0 Å². The van der Waals surface area contributed by atoms with Crippen LogP contribution in [-0.2, 0) is 9.53 Å². The van der Waals surface area contributed by atoms with Gasteiger partial charge in [0.25, 0.3) is 0 Å². The molecule has 2 heterocycles. The van der Waals surface area contributed by atoms with Gasteiger partial charge < -0.3 is 19.1 Å². The first kappa shape index (κ1) is 15.3. The lowest BCUT2D eigenvalue weighted by molar-refractivity contribution is -0.146. The molecule has 1 amide bonds. The minimum absolute atomic E-state index is 0.0579. The fraction of sp³-hybridized carbons (Fsp3) is 0.294. The van der Waals surface area contributed by atoms with Crippen molar-refractivity contribution < 1.29 is 19.0 Å². The van der Waals surface area contributed by atoms with E-state index in [0.29, 0.717) is 23.9 Å². The highest BCUT2D eigenvalue weighted by Crippen LogP contribution is 2.33. The summed E-state index contributed by atoms with van der Waals surface area (Å²) in [6, 6.07) is 8.92. The van der Waals surface area contributed by atoms with Gasteiger partial charge in [0, 0.05) is 31.1 Å². The van der Waals surface area contributed by atoms with Gasteiger partial charge in [-0.25, -0.2) is 0 Å². The molecule has 1 aliphatic rings. The molecule has 0 saturated carbocycles. The summed E-state index contributed by atoms with van der Waals surface area (Å²) < 4.78 is 16.5. The highest BCUT2D eigenvalue weighted by atomic mass is 16.5. The van der Waals surface area contributed by atoms with Gasteiger partial charge in [-0.3, -0.25) is 9.78 Å². The Morgan fingerprint density at radius 3 is 2.96 bits per heavy atom. The van der Waals surface area contributed by atoms with Crippen molar-refractivity contribution in [1.82, 2.24) is 9.88 Å². The van der Waals surface area contributed by atoms with Crippen molar-refractivity contribution in [2.45, 2.75) is 6.04 Å². The summed E-state index contributed by atoms with van der Waals surface area (Å²) in [5.41, 5.74) is 0.811. The van der Waals surface area contributed by atoms with Gasteiger partial charge >= 0.3 is 0 Å². The van der Waals surface area contributed by atoms with Crippen LogP contribution < -0.4 is 9.47 Å². The molecule has 23 heavy (non-hydrogen) atoms. The van der Waals surface area contributed by atoms with E-state index in [0.717, 1.165) is 5.56 Å². The second kappa shape index (κ2) is 6.66. The smallest absolute Gasteiger partial charge is 0.248 e. The van der Waals surface area contributed by atoms with Crippen molar-refractivity contribution in [3.05, 3.63) is 48.3 Å². The van der Waals surface area contributed by atoms with Gasteiger partial charge in [-0.1, -0.05) is 6.07 Å². The van der Waals surface area contributed by atoms with Crippen molar-refractivity contribution in [2.75, 3.05) is 27.4 Å². The molecule has 6 heteroatoms. The van der Waals surface area contributed by atoms with Gasteiger partial charge in [0.1, 0.15) is 23.9 Å². The third-order valence-corrected chi connectivity index (χ3v) is 3.80. The Balaban J connectivity index is 1.90. The highest BCUT2D eigenvalue weighted by molar-refractivity contribution is 5.78. The Kier molecular flexibility index (Phi) is 4.43. The average molecular weight is 314 g/mol. The Labute approximate surface area is 134 Å². The van der Waals surface area contributed by atoms with Gasteiger partial charge in [-0.2, -0.15) is 0 Å². The van der Waals surface area contributed by atoms with Gasteiger partial charge in [-0.15, -0.1) is 0 Å². The maximum atomic E-state index is 11.9. The topological polar surface area (TPSA) is 60.9 Å². The van der Waals surface area contributed by atoms with Crippen molar-refractivity contribution in [3.8, 4) is 17.2 Å². The van der Waals surface area contributed by atoms with Gasteiger partial charge in [-0.05, 0) is 18.2 Å². The summed E-state index contributed by atoms with van der Waals surface area (Å²) >= 11 is 0. The monoisotopic (exact) mass is 314 g/mol. The third kappa shape index (κ3) is 3.27. The molecule has 2 aromatic rings. The molecule has 0 bridgehead atoms. The lowest BCUT2D eigenvalue weighted by atomic mass is 10.1. The zero-order valence-corrected chi connectivity index (χ0v) is 13.1. The molecule has 0 radical (unpaired) electrons. The van der Waals surface area contributed by atoms with Gasteiger partial charge in [0.15, 0.2) is 0 Å². The van der Waals surface area contributed by atoms with E-state index in [2.05, 4.69) is 4.98 Å². The second-order valence-corrected chi connectivity index (χ2v) is 5.23. The number of hydrogen-bond acceptors (Lipinski definition) is 5. The van der Waals surface area contributed by atoms with Crippen LogP contribution in [0.4, 0.5) is 0 Å². The number of pyridine rings is 1. The number of likely N-dealkylation sites (N-methyl/N-ethyl adjacent to an activating group) is 1. The molecule has 1 aromatic heterocycles. The van der Waals surface area contributed by atoms with Crippen LogP contribution >= 0.6 is 0 Å². The maximum Gasteiger partial charge on any atom is 0.248 e. The number of carbonyl (C=O) groups excluding carboxylic acids is 1. The molecule has 0 aliphatic carbocycles. The number of hydrogen-bond donors (Lipinski definition) is 0. The van der Waals surface area contributed by atoms with Crippen molar-refractivity contribution in [1.29, 1.82) is 0 Å². The van der Waals surface area contributed by atoms with Crippen molar-refractivity contribution in [3.63, 3.8) is 0 Å². The van der Waals surface area contributed by atoms with Crippen LogP contribution in [0, 0.1) is 0 Å². The summed E-state index contributed by atoms with van der Waals surface area (Å²) in [7, 11) is 3.37. The third-order valence-electron chi connectivity index (χ3n) is 3.80. The molecule has 1 fully saturated rings. The van der Waals surface area contributed by atoms with Crippen LogP contribution in [0.3, 0.4) is 0 Å². The first-order valence-electron chi connectivity index (χ1n) is 7.28. The summed E-state index contributed by atoms with van der Waals surface area (Å²) in [6.07, 6.45) is 3.36. The van der Waals surface area contributed by atoms with Crippen LogP contribution in [0.5, 0.6) is 17.2 Å². The second-order valence-electron chi connectivity index (χ2n) is 5.23. The zero-order valence-electron chi connectivity index (χ0n) is 13.1. The van der Waals surface area contributed by atoms with E-state index >= 15 is 0 Å². The number of morpholine rings is 1. The molecule has 6 nitrogen and oxygen atoms in total. The molecule has 1 aromatic carbocycles. The van der Waals surface area contributed by atoms with Gasteiger partial charge in [0.05, 0.1) is 19.8 Å². The molecule has 1 saturated heterocycles.